The van der Waals surface area contributed by atoms with E-state index in [1.54, 1.807) is 30.0 Å². The Morgan fingerprint density at radius 2 is 1.73 bits per heavy atom. The molecule has 0 aliphatic rings. The average Bonchev–Trinajstić information content (AvgIpc) is 2.48. The summed E-state index contributed by atoms with van der Waals surface area (Å²) in [6.45, 7) is 5.51. The molecule has 22 heavy (non-hydrogen) atoms. The standard InChI is InChI=1S/C17H26O4S/c1-13(2)6-4-7-20-15-10-14(17(18)19)11-16(12-15)21-8-5-9-22-3/h10-13H,4-9H2,1-3H3,(H,18,19). The van der Waals surface area contributed by atoms with E-state index >= 15 is 0 Å². The number of thioether (sulfide) groups is 1. The van der Waals surface area contributed by atoms with Crippen molar-refractivity contribution in [2.75, 3.05) is 25.2 Å². The molecule has 0 saturated heterocycles. The predicted octanol–water partition coefficient (Wildman–Crippen LogP) is 4.33. The molecule has 0 aliphatic heterocycles. The van der Waals surface area contributed by atoms with Crippen molar-refractivity contribution >= 4 is 17.7 Å². The second kappa shape index (κ2) is 10.4. The molecule has 1 N–H and O–H groups in total. The van der Waals surface area contributed by atoms with Gasteiger partial charge in [-0.2, -0.15) is 11.8 Å². The average molecular weight is 326 g/mol. The molecule has 0 aromatic heterocycles. The van der Waals surface area contributed by atoms with Crippen LogP contribution in [-0.4, -0.2) is 36.3 Å². The Morgan fingerprint density at radius 1 is 1.14 bits per heavy atom. The van der Waals surface area contributed by atoms with Crippen LogP contribution in [0.2, 0.25) is 0 Å². The van der Waals surface area contributed by atoms with E-state index in [-0.39, 0.29) is 5.56 Å². The second-order valence-electron chi connectivity index (χ2n) is 5.58. The van der Waals surface area contributed by atoms with Gasteiger partial charge in [0.1, 0.15) is 11.5 Å². The minimum Gasteiger partial charge on any atom is -0.493 e. The highest BCUT2D eigenvalue weighted by Crippen LogP contribution is 2.24. The fourth-order valence-corrected chi connectivity index (χ4v) is 2.34. The van der Waals surface area contributed by atoms with Crippen molar-refractivity contribution in [3.05, 3.63) is 23.8 Å². The summed E-state index contributed by atoms with van der Waals surface area (Å²) in [6.07, 6.45) is 5.03. The molecule has 0 fully saturated rings. The van der Waals surface area contributed by atoms with E-state index in [0.29, 0.717) is 30.6 Å². The molecule has 124 valence electrons. The van der Waals surface area contributed by atoms with Gasteiger partial charge in [-0.3, -0.25) is 0 Å². The molecular weight excluding hydrogens is 300 g/mol. The van der Waals surface area contributed by atoms with Gasteiger partial charge in [-0.05, 0) is 49.3 Å². The summed E-state index contributed by atoms with van der Waals surface area (Å²) in [5.74, 6) is 1.81. The van der Waals surface area contributed by atoms with Gasteiger partial charge in [0.15, 0.2) is 0 Å². The Balaban J connectivity index is 2.62. The van der Waals surface area contributed by atoms with Crippen molar-refractivity contribution in [2.45, 2.75) is 33.1 Å². The normalized spacial score (nSPS) is 10.7. The van der Waals surface area contributed by atoms with E-state index in [9.17, 15) is 9.90 Å². The van der Waals surface area contributed by atoms with Crippen molar-refractivity contribution in [2.24, 2.45) is 5.92 Å². The Hall–Kier alpha value is -1.36. The van der Waals surface area contributed by atoms with E-state index in [4.69, 9.17) is 9.47 Å². The Labute approximate surface area is 137 Å². The lowest BCUT2D eigenvalue weighted by Gasteiger charge is -2.11. The topological polar surface area (TPSA) is 55.8 Å². The zero-order chi connectivity index (χ0) is 16.4. The van der Waals surface area contributed by atoms with Gasteiger partial charge >= 0.3 is 5.97 Å². The number of carbonyl (C=O) groups is 1. The number of carboxylic acid groups (broad SMARTS) is 1. The van der Waals surface area contributed by atoms with Crippen molar-refractivity contribution in [1.29, 1.82) is 0 Å². The molecule has 0 bridgehead atoms. The van der Waals surface area contributed by atoms with Crippen molar-refractivity contribution < 1.29 is 19.4 Å². The van der Waals surface area contributed by atoms with Crippen molar-refractivity contribution in [3.63, 3.8) is 0 Å². The number of hydrogen-bond acceptors (Lipinski definition) is 4. The summed E-state index contributed by atoms with van der Waals surface area (Å²) in [5, 5.41) is 9.17. The monoisotopic (exact) mass is 326 g/mol. The van der Waals surface area contributed by atoms with Crippen LogP contribution in [0.3, 0.4) is 0 Å². The van der Waals surface area contributed by atoms with Crippen LogP contribution >= 0.6 is 11.8 Å². The molecule has 1 aromatic rings. The first-order valence-electron chi connectivity index (χ1n) is 7.66. The molecule has 0 radical (unpaired) electrons. The van der Waals surface area contributed by atoms with Gasteiger partial charge in [-0.25, -0.2) is 4.79 Å². The summed E-state index contributed by atoms with van der Waals surface area (Å²) >= 11 is 1.76. The van der Waals surface area contributed by atoms with Crippen LogP contribution in [0.15, 0.2) is 18.2 Å². The third-order valence-corrected chi connectivity index (χ3v) is 3.78. The number of hydrogen-bond donors (Lipinski definition) is 1. The largest absolute Gasteiger partial charge is 0.493 e. The van der Waals surface area contributed by atoms with Gasteiger partial charge < -0.3 is 14.6 Å². The maximum Gasteiger partial charge on any atom is 0.335 e. The van der Waals surface area contributed by atoms with Gasteiger partial charge in [-0.1, -0.05) is 13.8 Å². The highest BCUT2D eigenvalue weighted by Gasteiger charge is 2.09. The van der Waals surface area contributed by atoms with Gasteiger partial charge in [-0.15, -0.1) is 0 Å². The number of ether oxygens (including phenoxy) is 2. The molecule has 4 nitrogen and oxygen atoms in total. The van der Waals surface area contributed by atoms with E-state index in [1.807, 2.05) is 6.26 Å². The van der Waals surface area contributed by atoms with E-state index in [0.717, 1.165) is 25.0 Å². The van der Waals surface area contributed by atoms with Crippen LogP contribution in [-0.2, 0) is 0 Å². The highest BCUT2D eigenvalue weighted by molar-refractivity contribution is 7.98. The van der Waals surface area contributed by atoms with Gasteiger partial charge in [0.05, 0.1) is 18.8 Å². The first-order chi connectivity index (χ1) is 10.5. The Morgan fingerprint density at radius 3 is 2.23 bits per heavy atom. The minimum atomic E-state index is -0.971. The molecule has 0 saturated carbocycles. The van der Waals surface area contributed by atoms with E-state index in [1.165, 1.54) is 0 Å². The Bertz CT molecular complexity index is 460. The highest BCUT2D eigenvalue weighted by atomic mass is 32.2. The number of rotatable bonds is 11. The second-order valence-corrected chi connectivity index (χ2v) is 6.56. The fourth-order valence-electron chi connectivity index (χ4n) is 1.94. The Kier molecular flexibility index (Phi) is 8.82. The molecular formula is C17H26O4S. The zero-order valence-corrected chi connectivity index (χ0v) is 14.4. The van der Waals surface area contributed by atoms with Crippen LogP contribution in [0.25, 0.3) is 0 Å². The molecule has 0 heterocycles. The fraction of sp³-hybridized carbons (Fsp3) is 0.588. The van der Waals surface area contributed by atoms with E-state index < -0.39 is 5.97 Å². The van der Waals surface area contributed by atoms with Crippen molar-refractivity contribution in [1.82, 2.24) is 0 Å². The summed E-state index contributed by atoms with van der Waals surface area (Å²) in [6, 6.07) is 4.86. The molecule has 5 heteroatoms. The molecule has 0 unspecified atom stereocenters. The summed E-state index contributed by atoms with van der Waals surface area (Å²) in [4.78, 5) is 11.2. The van der Waals surface area contributed by atoms with Gasteiger partial charge in [0, 0.05) is 6.07 Å². The summed E-state index contributed by atoms with van der Waals surface area (Å²) in [5.41, 5.74) is 0.196. The zero-order valence-electron chi connectivity index (χ0n) is 13.6. The van der Waals surface area contributed by atoms with Crippen molar-refractivity contribution in [3.8, 4) is 11.5 Å². The van der Waals surface area contributed by atoms with Gasteiger partial charge in [0.2, 0.25) is 0 Å². The predicted molar refractivity (Wildman–Crippen MR) is 91.5 cm³/mol. The summed E-state index contributed by atoms with van der Waals surface area (Å²) in [7, 11) is 0. The SMILES string of the molecule is CSCCCOc1cc(OCCCC(C)C)cc(C(=O)O)c1. The van der Waals surface area contributed by atoms with Crippen LogP contribution in [0.4, 0.5) is 0 Å². The minimum absolute atomic E-state index is 0.196. The van der Waals surface area contributed by atoms with E-state index in [2.05, 4.69) is 13.8 Å². The maximum absolute atomic E-state index is 11.2. The lowest BCUT2D eigenvalue weighted by Crippen LogP contribution is -2.04. The smallest absolute Gasteiger partial charge is 0.335 e. The number of carboxylic acids is 1. The lowest BCUT2D eigenvalue weighted by molar-refractivity contribution is 0.0695. The first-order valence-corrected chi connectivity index (χ1v) is 9.05. The van der Waals surface area contributed by atoms with Crippen LogP contribution in [0.5, 0.6) is 11.5 Å². The molecule has 0 aliphatic carbocycles. The molecule has 1 aromatic carbocycles. The molecule has 0 amide bonds. The number of aromatic carboxylic acids is 1. The molecule has 1 rings (SSSR count). The van der Waals surface area contributed by atoms with Crippen LogP contribution in [0, 0.1) is 5.92 Å². The van der Waals surface area contributed by atoms with Crippen LogP contribution < -0.4 is 9.47 Å². The first kappa shape index (κ1) is 18.7. The molecule has 0 atom stereocenters. The third-order valence-electron chi connectivity index (χ3n) is 3.08. The lowest BCUT2D eigenvalue weighted by atomic mass is 10.1. The van der Waals surface area contributed by atoms with Gasteiger partial charge in [0.25, 0.3) is 0 Å². The summed E-state index contributed by atoms with van der Waals surface area (Å²) < 4.78 is 11.3. The van der Waals surface area contributed by atoms with Crippen LogP contribution in [0.1, 0.15) is 43.5 Å². The maximum atomic E-state index is 11.2. The third kappa shape index (κ3) is 7.59. The molecule has 0 spiro atoms. The quantitative estimate of drug-likeness (QED) is 0.613. The number of benzene rings is 1.